The van der Waals surface area contributed by atoms with Gasteiger partial charge >= 0.3 is 0 Å². The van der Waals surface area contributed by atoms with Crippen LogP contribution in [-0.4, -0.2) is 28.0 Å². The van der Waals surface area contributed by atoms with Crippen LogP contribution in [0.5, 0.6) is 0 Å². The van der Waals surface area contributed by atoms with Crippen LogP contribution in [0.2, 0.25) is 5.02 Å². The predicted molar refractivity (Wildman–Crippen MR) is 87.6 cm³/mol. The highest BCUT2D eigenvalue weighted by Gasteiger charge is 2.26. The van der Waals surface area contributed by atoms with Crippen molar-refractivity contribution in [3.63, 3.8) is 0 Å². The minimum atomic E-state index is 0.154. The quantitative estimate of drug-likeness (QED) is 0.937. The number of halogens is 1. The van der Waals surface area contributed by atoms with Gasteiger partial charge in [0, 0.05) is 48.4 Å². The first-order valence-electron chi connectivity index (χ1n) is 7.48. The molecular formula is C17H18ClN3O. The topological polar surface area (TPSA) is 58.1 Å². The number of carbonyl (C=O) groups excluding carboxylic acids is 1. The maximum atomic E-state index is 12.0. The van der Waals surface area contributed by atoms with Crippen LogP contribution in [0.15, 0.2) is 41.8 Å². The Labute approximate surface area is 134 Å². The first-order chi connectivity index (χ1) is 10.7. The summed E-state index contributed by atoms with van der Waals surface area (Å²) in [5.74, 6) is 0.400. The average Bonchev–Trinajstić information content (AvgIpc) is 3.00. The van der Waals surface area contributed by atoms with Crippen molar-refractivity contribution >= 4 is 23.1 Å². The fourth-order valence-corrected chi connectivity index (χ4v) is 3.20. The van der Waals surface area contributed by atoms with Gasteiger partial charge in [-0.1, -0.05) is 29.8 Å². The fraction of sp³-hybridized carbons (Fsp3) is 0.353. The number of imidazole rings is 1. The van der Waals surface area contributed by atoms with Crippen molar-refractivity contribution < 1.29 is 4.79 Å². The molecule has 0 bridgehead atoms. The van der Waals surface area contributed by atoms with Crippen molar-refractivity contribution in [1.29, 1.82) is 0 Å². The molecule has 0 saturated heterocycles. The number of rotatable bonds is 4. The van der Waals surface area contributed by atoms with Crippen LogP contribution in [0.1, 0.15) is 36.4 Å². The van der Waals surface area contributed by atoms with Gasteiger partial charge in [0.15, 0.2) is 0 Å². The van der Waals surface area contributed by atoms with E-state index in [0.717, 1.165) is 34.8 Å². The van der Waals surface area contributed by atoms with Crippen molar-refractivity contribution in [2.45, 2.75) is 31.6 Å². The van der Waals surface area contributed by atoms with Gasteiger partial charge < -0.3 is 4.98 Å². The number of aliphatic imine (C=N–C) groups is 1. The zero-order valence-corrected chi connectivity index (χ0v) is 13.0. The Morgan fingerprint density at radius 3 is 2.95 bits per heavy atom. The monoisotopic (exact) mass is 315 g/mol. The molecule has 114 valence electrons. The number of benzene rings is 1. The van der Waals surface area contributed by atoms with Gasteiger partial charge in [0.25, 0.3) is 0 Å². The van der Waals surface area contributed by atoms with Crippen LogP contribution >= 0.6 is 11.6 Å². The Hall–Kier alpha value is -1.94. The molecular weight excluding hydrogens is 298 g/mol. The lowest BCUT2D eigenvalue weighted by Crippen LogP contribution is -2.22. The Morgan fingerprint density at radius 1 is 1.32 bits per heavy atom. The summed E-state index contributed by atoms with van der Waals surface area (Å²) in [4.78, 5) is 23.7. The van der Waals surface area contributed by atoms with Gasteiger partial charge in [-0.3, -0.25) is 9.79 Å². The van der Waals surface area contributed by atoms with Crippen molar-refractivity contribution in [2.75, 3.05) is 6.54 Å². The number of Topliss-reactive ketones (excluding diaryl/α,β-unsaturated/α-hetero) is 1. The summed E-state index contributed by atoms with van der Waals surface area (Å²) in [6.07, 6.45) is 6.14. The third kappa shape index (κ3) is 3.63. The lowest BCUT2D eigenvalue weighted by atomic mass is 9.82. The van der Waals surface area contributed by atoms with E-state index in [0.29, 0.717) is 19.4 Å². The highest BCUT2D eigenvalue weighted by molar-refractivity contribution is 6.31. The van der Waals surface area contributed by atoms with Crippen molar-refractivity contribution in [2.24, 2.45) is 4.99 Å². The van der Waals surface area contributed by atoms with Crippen LogP contribution in [0.3, 0.4) is 0 Å². The summed E-state index contributed by atoms with van der Waals surface area (Å²) >= 11 is 6.26. The van der Waals surface area contributed by atoms with E-state index in [1.54, 1.807) is 12.5 Å². The third-order valence-electron chi connectivity index (χ3n) is 3.97. The molecule has 0 aliphatic heterocycles. The second-order valence-corrected chi connectivity index (χ2v) is 6.02. The molecule has 22 heavy (non-hydrogen) atoms. The number of nitrogens with one attached hydrogen (secondary N) is 1. The average molecular weight is 316 g/mol. The van der Waals surface area contributed by atoms with Gasteiger partial charge in [-0.05, 0) is 24.0 Å². The Balaban J connectivity index is 1.68. The first kappa shape index (κ1) is 15.0. The molecule has 0 amide bonds. The molecule has 1 unspecified atom stereocenters. The summed E-state index contributed by atoms with van der Waals surface area (Å²) in [6, 6.07) is 7.77. The molecule has 4 nitrogen and oxygen atoms in total. The second-order valence-electron chi connectivity index (χ2n) is 5.62. The number of hydrogen-bond donors (Lipinski definition) is 1. The number of H-pyrrole nitrogens is 1. The molecule has 1 fully saturated rings. The first-order valence-corrected chi connectivity index (χ1v) is 7.85. The maximum Gasteiger partial charge on any atom is 0.139 e. The molecule has 1 N–H and O–H groups in total. The Morgan fingerprint density at radius 2 is 2.18 bits per heavy atom. The van der Waals surface area contributed by atoms with E-state index in [4.69, 9.17) is 11.6 Å². The van der Waals surface area contributed by atoms with Crippen LogP contribution in [0.4, 0.5) is 0 Å². The van der Waals surface area contributed by atoms with Gasteiger partial charge in [-0.2, -0.15) is 0 Å². The number of aromatic nitrogens is 2. The predicted octanol–water partition coefficient (Wildman–Crippen LogP) is 3.58. The van der Waals surface area contributed by atoms with E-state index in [9.17, 15) is 4.79 Å². The van der Waals surface area contributed by atoms with Gasteiger partial charge in [-0.25, -0.2) is 4.98 Å². The Bertz CT molecular complexity index is 679. The van der Waals surface area contributed by atoms with E-state index in [1.807, 2.05) is 24.3 Å². The molecule has 1 aliphatic rings. The van der Waals surface area contributed by atoms with Gasteiger partial charge in [0.1, 0.15) is 5.78 Å². The maximum absolute atomic E-state index is 12.0. The van der Waals surface area contributed by atoms with Gasteiger partial charge in [0.05, 0.1) is 6.33 Å². The van der Waals surface area contributed by atoms with E-state index < -0.39 is 0 Å². The number of aromatic amines is 1. The molecule has 0 spiro atoms. The highest BCUT2D eigenvalue weighted by Crippen LogP contribution is 2.33. The normalized spacial score (nSPS) is 20.5. The van der Waals surface area contributed by atoms with E-state index in [2.05, 4.69) is 15.0 Å². The van der Waals surface area contributed by atoms with E-state index in [1.165, 1.54) is 0 Å². The zero-order valence-electron chi connectivity index (χ0n) is 12.3. The molecule has 1 aliphatic carbocycles. The van der Waals surface area contributed by atoms with Crippen LogP contribution < -0.4 is 0 Å². The molecule has 3 rings (SSSR count). The number of hydrogen-bond acceptors (Lipinski definition) is 3. The largest absolute Gasteiger partial charge is 0.348 e. The molecule has 1 aromatic carbocycles. The molecule has 1 heterocycles. The molecule has 1 atom stereocenters. The van der Waals surface area contributed by atoms with Crippen LogP contribution in [0.25, 0.3) is 0 Å². The molecule has 5 heteroatoms. The molecule has 1 aromatic heterocycles. The fourth-order valence-electron chi connectivity index (χ4n) is 2.91. The highest BCUT2D eigenvalue weighted by atomic mass is 35.5. The lowest BCUT2D eigenvalue weighted by Gasteiger charge is -2.23. The van der Waals surface area contributed by atoms with Gasteiger partial charge in [-0.15, -0.1) is 0 Å². The number of nitrogens with zero attached hydrogens (tertiary/aromatic N) is 2. The number of ketones is 1. The van der Waals surface area contributed by atoms with Crippen molar-refractivity contribution in [1.82, 2.24) is 9.97 Å². The van der Waals surface area contributed by atoms with Crippen molar-refractivity contribution in [3.05, 3.63) is 53.1 Å². The summed E-state index contributed by atoms with van der Waals surface area (Å²) in [7, 11) is 0. The van der Waals surface area contributed by atoms with E-state index in [-0.39, 0.29) is 11.7 Å². The molecule has 2 aromatic rings. The summed E-state index contributed by atoms with van der Waals surface area (Å²) in [5.41, 5.74) is 3.10. The smallest absolute Gasteiger partial charge is 0.139 e. The lowest BCUT2D eigenvalue weighted by molar-refractivity contribution is -0.118. The van der Waals surface area contributed by atoms with Crippen LogP contribution in [0, 0.1) is 0 Å². The third-order valence-corrected chi connectivity index (χ3v) is 4.32. The molecule has 1 saturated carbocycles. The summed E-state index contributed by atoms with van der Waals surface area (Å²) in [6.45, 7) is 0.681. The standard InChI is InChI=1S/C17H18ClN3O/c18-17-4-2-1-3-16(17)12-7-14(9-15(22)8-12)20-6-5-13-10-19-11-21-13/h1-4,10-12H,5-9H2,(H,19,21). The zero-order chi connectivity index (χ0) is 15.4. The minimum absolute atomic E-state index is 0.154. The van der Waals surface area contributed by atoms with Crippen molar-refractivity contribution in [3.8, 4) is 0 Å². The Kier molecular flexibility index (Phi) is 4.68. The minimum Gasteiger partial charge on any atom is -0.348 e. The van der Waals surface area contributed by atoms with Gasteiger partial charge in [0.2, 0.25) is 0 Å². The summed E-state index contributed by atoms with van der Waals surface area (Å²) < 4.78 is 0. The van der Waals surface area contributed by atoms with Crippen LogP contribution in [-0.2, 0) is 11.2 Å². The van der Waals surface area contributed by atoms with E-state index >= 15 is 0 Å². The SMILES string of the molecule is O=C1CC(=NCCc2cnc[nH]2)CC(c2ccccc2Cl)C1. The second kappa shape index (κ2) is 6.88. The summed E-state index contributed by atoms with van der Waals surface area (Å²) in [5, 5.41) is 0.735. The number of carbonyl (C=O) groups is 1. The molecule has 0 radical (unpaired) electrons.